The number of ether oxygens (including phenoxy) is 1. The van der Waals surface area contributed by atoms with Crippen LogP contribution in [-0.2, 0) is 11.3 Å². The number of methoxy groups -OCH3 is 1. The number of carbonyl (C=O) groups excluding carboxylic acids is 1. The smallest absolute Gasteiger partial charge is 0.362 e. The molecule has 1 N–H and O–H groups in total. The maximum absolute atomic E-state index is 12.8. The van der Waals surface area contributed by atoms with Crippen LogP contribution in [0.2, 0.25) is 0 Å². The van der Waals surface area contributed by atoms with Gasteiger partial charge in [0.15, 0.2) is 0 Å². The van der Waals surface area contributed by atoms with Gasteiger partial charge in [-0.1, -0.05) is 0 Å². The van der Waals surface area contributed by atoms with Crippen LogP contribution in [0.1, 0.15) is 34.5 Å². The summed E-state index contributed by atoms with van der Waals surface area (Å²) in [5.41, 5.74) is 2.56. The van der Waals surface area contributed by atoms with E-state index in [4.69, 9.17) is 4.74 Å². The molecular formula is C19H27N3O4. The molecule has 0 saturated heterocycles. The Morgan fingerprint density at radius 1 is 1.27 bits per heavy atom. The van der Waals surface area contributed by atoms with E-state index in [1.165, 1.54) is 11.7 Å². The van der Waals surface area contributed by atoms with Crippen molar-refractivity contribution in [3.8, 4) is 0 Å². The first-order valence-corrected chi connectivity index (χ1v) is 8.67. The second-order valence-corrected chi connectivity index (χ2v) is 6.87. The van der Waals surface area contributed by atoms with Crippen molar-refractivity contribution >= 4 is 17.0 Å². The predicted molar refractivity (Wildman–Crippen MR) is 101 cm³/mol. The van der Waals surface area contributed by atoms with Crippen LogP contribution < -0.4 is 5.56 Å². The standard InChI is InChI=1S/C19H27N3O4/c1-12-10-15-16(11-13(12)2)22(9-7-14(23)6-8-21(3)4)18(24)17(20-15)19(25)26-5/h10-11,14,23H,6-9H2,1-5H3. The molecule has 0 aliphatic carbocycles. The zero-order chi connectivity index (χ0) is 19.4. The van der Waals surface area contributed by atoms with Crippen LogP contribution in [-0.4, -0.2) is 59.4 Å². The summed E-state index contributed by atoms with van der Waals surface area (Å²) in [6.45, 7) is 4.98. The molecule has 0 aliphatic heterocycles. The molecule has 2 aromatic rings. The van der Waals surface area contributed by atoms with Crippen LogP contribution in [0.15, 0.2) is 16.9 Å². The van der Waals surface area contributed by atoms with Crippen LogP contribution in [0.25, 0.3) is 11.0 Å². The Kier molecular flexibility index (Phi) is 6.50. The quantitative estimate of drug-likeness (QED) is 0.753. The third kappa shape index (κ3) is 4.47. The number of aromatic nitrogens is 2. The summed E-state index contributed by atoms with van der Waals surface area (Å²) >= 11 is 0. The number of aliphatic hydroxyl groups is 1. The molecule has 0 saturated carbocycles. The van der Waals surface area contributed by atoms with Crippen molar-refractivity contribution in [2.75, 3.05) is 27.7 Å². The van der Waals surface area contributed by atoms with Crippen LogP contribution in [0.3, 0.4) is 0 Å². The first-order chi connectivity index (χ1) is 12.2. The topological polar surface area (TPSA) is 84.7 Å². The van der Waals surface area contributed by atoms with Crippen molar-refractivity contribution in [3.05, 3.63) is 39.3 Å². The minimum absolute atomic E-state index is 0.231. The van der Waals surface area contributed by atoms with Gasteiger partial charge >= 0.3 is 5.97 Å². The maximum Gasteiger partial charge on any atom is 0.362 e. The molecule has 0 fully saturated rings. The number of aliphatic hydroxyl groups excluding tert-OH is 1. The summed E-state index contributed by atoms with van der Waals surface area (Å²) in [5.74, 6) is -0.753. The normalized spacial score (nSPS) is 12.6. The molecule has 1 unspecified atom stereocenters. The molecule has 0 amide bonds. The molecule has 7 nitrogen and oxygen atoms in total. The molecule has 142 valence electrons. The molecule has 1 aromatic heterocycles. The highest BCUT2D eigenvalue weighted by Gasteiger charge is 2.19. The van der Waals surface area contributed by atoms with Crippen LogP contribution in [0.5, 0.6) is 0 Å². The van der Waals surface area contributed by atoms with E-state index in [-0.39, 0.29) is 5.69 Å². The van der Waals surface area contributed by atoms with Gasteiger partial charge in [0.05, 0.1) is 24.2 Å². The fourth-order valence-corrected chi connectivity index (χ4v) is 2.78. The first-order valence-electron chi connectivity index (χ1n) is 8.67. The Morgan fingerprint density at radius 2 is 1.92 bits per heavy atom. The van der Waals surface area contributed by atoms with Gasteiger partial charge in [-0.05, 0) is 70.6 Å². The minimum Gasteiger partial charge on any atom is -0.464 e. The molecule has 0 bridgehead atoms. The van der Waals surface area contributed by atoms with Crippen molar-refractivity contribution in [1.29, 1.82) is 0 Å². The average Bonchev–Trinajstić information content (AvgIpc) is 2.59. The second-order valence-electron chi connectivity index (χ2n) is 6.87. The minimum atomic E-state index is -0.753. The Balaban J connectivity index is 2.44. The van der Waals surface area contributed by atoms with Crippen LogP contribution >= 0.6 is 0 Å². The summed E-state index contributed by atoms with van der Waals surface area (Å²) in [6.07, 6.45) is 0.508. The van der Waals surface area contributed by atoms with E-state index < -0.39 is 17.6 Å². The number of hydrogen-bond donors (Lipinski definition) is 1. The van der Waals surface area contributed by atoms with Crippen molar-refractivity contribution in [3.63, 3.8) is 0 Å². The zero-order valence-corrected chi connectivity index (χ0v) is 16.1. The maximum atomic E-state index is 12.8. The van der Waals surface area contributed by atoms with E-state index in [1.54, 1.807) is 0 Å². The van der Waals surface area contributed by atoms with E-state index in [9.17, 15) is 14.7 Å². The summed E-state index contributed by atoms with van der Waals surface area (Å²) in [5, 5.41) is 10.2. The molecule has 1 atom stereocenters. The molecule has 1 aromatic carbocycles. The summed E-state index contributed by atoms with van der Waals surface area (Å²) < 4.78 is 6.21. The van der Waals surface area contributed by atoms with Gasteiger partial charge in [0.25, 0.3) is 5.56 Å². The highest BCUT2D eigenvalue weighted by atomic mass is 16.5. The molecule has 7 heteroatoms. The number of rotatable bonds is 7. The highest BCUT2D eigenvalue weighted by Crippen LogP contribution is 2.18. The summed E-state index contributed by atoms with van der Waals surface area (Å²) in [4.78, 5) is 30.9. The lowest BCUT2D eigenvalue weighted by atomic mass is 10.1. The van der Waals surface area contributed by atoms with Gasteiger partial charge < -0.3 is 19.3 Å². The predicted octanol–water partition coefficient (Wildman–Crippen LogP) is 1.50. The Morgan fingerprint density at radius 3 is 2.54 bits per heavy atom. The van der Waals surface area contributed by atoms with Crippen molar-refractivity contribution < 1.29 is 14.6 Å². The van der Waals surface area contributed by atoms with E-state index in [0.717, 1.165) is 17.7 Å². The number of benzene rings is 1. The van der Waals surface area contributed by atoms with E-state index in [0.29, 0.717) is 30.4 Å². The molecule has 1 heterocycles. The van der Waals surface area contributed by atoms with Crippen molar-refractivity contribution in [2.45, 2.75) is 39.3 Å². The lowest BCUT2D eigenvalue weighted by Crippen LogP contribution is -2.30. The largest absolute Gasteiger partial charge is 0.464 e. The fraction of sp³-hybridized carbons (Fsp3) is 0.526. The number of hydrogen-bond acceptors (Lipinski definition) is 6. The molecule has 0 aliphatic rings. The van der Waals surface area contributed by atoms with Gasteiger partial charge in [-0.2, -0.15) is 0 Å². The molecule has 26 heavy (non-hydrogen) atoms. The van der Waals surface area contributed by atoms with Gasteiger partial charge in [0, 0.05) is 6.54 Å². The Labute approximate surface area is 153 Å². The van der Waals surface area contributed by atoms with Gasteiger partial charge in [-0.3, -0.25) is 4.79 Å². The molecule has 0 spiro atoms. The number of carbonyl (C=O) groups is 1. The molecule has 0 radical (unpaired) electrons. The lowest BCUT2D eigenvalue weighted by Gasteiger charge is -2.17. The number of esters is 1. The fourth-order valence-electron chi connectivity index (χ4n) is 2.78. The summed E-state index contributed by atoms with van der Waals surface area (Å²) in [7, 11) is 5.12. The van der Waals surface area contributed by atoms with Gasteiger partial charge in [0.1, 0.15) is 0 Å². The van der Waals surface area contributed by atoms with Gasteiger partial charge in [-0.15, -0.1) is 0 Å². The first kappa shape index (κ1) is 20.1. The number of fused-ring (bicyclic) bond motifs is 1. The monoisotopic (exact) mass is 361 g/mol. The van der Waals surface area contributed by atoms with Crippen molar-refractivity contribution in [2.24, 2.45) is 0 Å². The third-order valence-corrected chi connectivity index (χ3v) is 4.54. The molecular weight excluding hydrogens is 334 g/mol. The Bertz CT molecular complexity index is 858. The molecule has 2 rings (SSSR count). The SMILES string of the molecule is COC(=O)c1nc2cc(C)c(C)cc2n(CCC(O)CCN(C)C)c1=O. The van der Waals surface area contributed by atoms with Gasteiger partial charge in [-0.25, -0.2) is 9.78 Å². The van der Waals surface area contributed by atoms with Crippen LogP contribution in [0, 0.1) is 13.8 Å². The average molecular weight is 361 g/mol. The van der Waals surface area contributed by atoms with E-state index in [1.807, 2.05) is 45.0 Å². The Hall–Kier alpha value is -2.25. The van der Waals surface area contributed by atoms with E-state index >= 15 is 0 Å². The highest BCUT2D eigenvalue weighted by molar-refractivity contribution is 5.89. The number of nitrogens with zero attached hydrogens (tertiary/aromatic N) is 3. The van der Waals surface area contributed by atoms with Crippen LogP contribution in [0.4, 0.5) is 0 Å². The van der Waals surface area contributed by atoms with E-state index in [2.05, 4.69) is 4.98 Å². The number of aryl methyl sites for hydroxylation is 3. The summed E-state index contributed by atoms with van der Waals surface area (Å²) in [6, 6.07) is 3.75. The van der Waals surface area contributed by atoms with Crippen molar-refractivity contribution in [1.82, 2.24) is 14.5 Å². The lowest BCUT2D eigenvalue weighted by molar-refractivity contribution is 0.0591. The van der Waals surface area contributed by atoms with Gasteiger partial charge in [0.2, 0.25) is 5.69 Å². The third-order valence-electron chi connectivity index (χ3n) is 4.54. The zero-order valence-electron chi connectivity index (χ0n) is 16.1. The second kappa shape index (κ2) is 8.42.